The number of hydrogen-bond acceptors (Lipinski definition) is 7. The van der Waals surface area contributed by atoms with Gasteiger partial charge in [0.15, 0.2) is 0 Å². The molecule has 23 heavy (non-hydrogen) atoms. The van der Waals surface area contributed by atoms with Crippen molar-refractivity contribution in [1.82, 2.24) is 0 Å². The molecule has 0 saturated carbocycles. The number of ether oxygens (including phenoxy) is 1. The first-order valence-electron chi connectivity index (χ1n) is 7.49. The van der Waals surface area contributed by atoms with Crippen LogP contribution < -0.4 is 0 Å². The van der Waals surface area contributed by atoms with Crippen LogP contribution >= 0.6 is 0 Å². The number of rotatable bonds is 9. The molecule has 4 atom stereocenters. The Morgan fingerprint density at radius 2 is 1.61 bits per heavy atom. The first-order chi connectivity index (χ1) is 10.9. The highest BCUT2D eigenvalue weighted by molar-refractivity contribution is 5.89. The van der Waals surface area contributed by atoms with Gasteiger partial charge >= 0.3 is 5.97 Å². The Labute approximate surface area is 134 Å². The molecule has 0 radical (unpaired) electrons. The molecule has 1 rings (SSSR count). The molecule has 0 fully saturated rings. The van der Waals surface area contributed by atoms with E-state index < -0.39 is 43.6 Å². The molecule has 7 nitrogen and oxygen atoms in total. The quantitative estimate of drug-likeness (QED) is 0.377. The Balaban J connectivity index is 2.51. The van der Waals surface area contributed by atoms with Crippen LogP contribution in [0.5, 0.6) is 0 Å². The molecular formula is C16H24O7. The molecule has 0 spiro atoms. The zero-order chi connectivity index (χ0) is 17.4. The fraction of sp³-hybridized carbons (Fsp3) is 0.562. The molecule has 0 bridgehead atoms. The third kappa shape index (κ3) is 5.89. The summed E-state index contributed by atoms with van der Waals surface area (Å²) in [7, 11) is 0. The Bertz CT molecular complexity index is 474. The molecule has 1 aromatic rings. The van der Waals surface area contributed by atoms with Gasteiger partial charge in [-0.15, -0.1) is 0 Å². The normalized spacial score (nSPS) is 16.4. The van der Waals surface area contributed by atoms with Gasteiger partial charge in [0.2, 0.25) is 0 Å². The summed E-state index contributed by atoms with van der Waals surface area (Å²) in [5, 5.41) is 46.6. The highest BCUT2D eigenvalue weighted by atomic mass is 16.5. The lowest BCUT2D eigenvalue weighted by Crippen LogP contribution is -2.47. The molecule has 0 aliphatic rings. The van der Waals surface area contributed by atoms with Crippen LogP contribution in [0.25, 0.3) is 0 Å². The number of benzene rings is 1. The van der Waals surface area contributed by atoms with Crippen molar-refractivity contribution in [2.75, 3.05) is 13.2 Å². The molecule has 0 saturated heterocycles. The van der Waals surface area contributed by atoms with Gasteiger partial charge in [0.25, 0.3) is 0 Å². The number of carbonyl (C=O) groups excluding carboxylic acids is 1. The second kappa shape index (κ2) is 9.59. The summed E-state index contributed by atoms with van der Waals surface area (Å²) in [6.07, 6.45) is -4.78. The van der Waals surface area contributed by atoms with Crippen LogP contribution in [0.1, 0.15) is 29.3 Å². The van der Waals surface area contributed by atoms with Crippen molar-refractivity contribution < 1.29 is 35.1 Å². The Morgan fingerprint density at radius 1 is 1.04 bits per heavy atom. The minimum absolute atomic E-state index is 0.308. The maximum absolute atomic E-state index is 11.8. The second-order valence-electron chi connectivity index (χ2n) is 5.34. The average molecular weight is 328 g/mol. The lowest BCUT2D eigenvalue weighted by Gasteiger charge is -2.25. The van der Waals surface area contributed by atoms with Crippen LogP contribution in [0, 0.1) is 0 Å². The van der Waals surface area contributed by atoms with E-state index in [-0.39, 0.29) is 0 Å². The van der Waals surface area contributed by atoms with Gasteiger partial charge in [-0.3, -0.25) is 0 Å². The number of aliphatic hydroxyl groups excluding tert-OH is 5. The molecule has 0 aliphatic carbocycles. The molecule has 1 aromatic carbocycles. The van der Waals surface area contributed by atoms with E-state index in [1.54, 1.807) is 12.1 Å². The van der Waals surface area contributed by atoms with Crippen molar-refractivity contribution in [3.8, 4) is 0 Å². The largest absolute Gasteiger partial charge is 0.459 e. The van der Waals surface area contributed by atoms with Crippen molar-refractivity contribution in [2.24, 2.45) is 0 Å². The van der Waals surface area contributed by atoms with E-state index in [1.165, 1.54) is 0 Å². The van der Waals surface area contributed by atoms with Crippen LogP contribution in [0.3, 0.4) is 0 Å². The summed E-state index contributed by atoms with van der Waals surface area (Å²) < 4.78 is 4.87. The summed E-state index contributed by atoms with van der Waals surface area (Å²) in [6, 6.07) is 6.85. The molecule has 0 heterocycles. The molecular weight excluding hydrogens is 304 g/mol. The zero-order valence-electron chi connectivity index (χ0n) is 13.0. The first-order valence-corrected chi connectivity index (χ1v) is 7.49. The number of aryl methyl sites for hydroxylation is 1. The number of carbonyl (C=O) groups is 1. The lowest BCUT2D eigenvalue weighted by atomic mass is 10.0. The fourth-order valence-electron chi connectivity index (χ4n) is 2.00. The monoisotopic (exact) mass is 328 g/mol. The van der Waals surface area contributed by atoms with E-state index in [1.807, 2.05) is 12.1 Å². The summed E-state index contributed by atoms with van der Waals surface area (Å²) in [4.78, 5) is 11.8. The molecule has 0 amide bonds. The van der Waals surface area contributed by atoms with Crippen LogP contribution in [0.2, 0.25) is 0 Å². The van der Waals surface area contributed by atoms with Crippen molar-refractivity contribution >= 4 is 5.97 Å². The van der Waals surface area contributed by atoms with Crippen molar-refractivity contribution in [1.29, 1.82) is 0 Å². The van der Waals surface area contributed by atoms with Gasteiger partial charge < -0.3 is 30.3 Å². The van der Waals surface area contributed by atoms with Crippen LogP contribution in [0.4, 0.5) is 0 Å². The maximum atomic E-state index is 11.8. The number of aliphatic hydroxyl groups is 5. The minimum Gasteiger partial charge on any atom is -0.459 e. The van der Waals surface area contributed by atoms with Gasteiger partial charge in [0, 0.05) is 0 Å². The lowest BCUT2D eigenvalue weighted by molar-refractivity contribution is -0.124. The number of esters is 1. The van der Waals surface area contributed by atoms with Gasteiger partial charge in [-0.25, -0.2) is 4.79 Å². The summed E-state index contributed by atoms with van der Waals surface area (Å²) in [6.45, 7) is 0.734. The highest BCUT2D eigenvalue weighted by Gasteiger charge is 2.30. The molecule has 0 aliphatic heterocycles. The predicted molar refractivity (Wildman–Crippen MR) is 81.8 cm³/mol. The minimum atomic E-state index is -1.75. The van der Waals surface area contributed by atoms with E-state index in [2.05, 4.69) is 6.92 Å². The average Bonchev–Trinajstić information content (AvgIpc) is 2.58. The summed E-state index contributed by atoms with van der Waals surface area (Å²) >= 11 is 0. The van der Waals surface area contributed by atoms with E-state index in [0.717, 1.165) is 18.4 Å². The van der Waals surface area contributed by atoms with Gasteiger partial charge in [-0.05, 0) is 24.1 Å². The van der Waals surface area contributed by atoms with Crippen LogP contribution in [-0.4, -0.2) is 69.1 Å². The van der Waals surface area contributed by atoms with Crippen molar-refractivity contribution in [3.63, 3.8) is 0 Å². The first kappa shape index (κ1) is 19.5. The molecule has 0 aromatic heterocycles. The Hall–Kier alpha value is -1.51. The van der Waals surface area contributed by atoms with E-state index in [4.69, 9.17) is 9.84 Å². The summed E-state index contributed by atoms with van der Waals surface area (Å²) in [5.41, 5.74) is 1.41. The standard InChI is InChI=1S/C16H24O7/c1-2-3-10-4-6-11(7-5-10)16(22)23-9-13(19)15(21)14(20)12(18)8-17/h4-7,12-15,17-21H,2-3,8-9H2,1H3/t12-,13+,14+,15+/m0/s1. The van der Waals surface area contributed by atoms with Crippen LogP contribution in [-0.2, 0) is 11.2 Å². The Morgan fingerprint density at radius 3 is 2.13 bits per heavy atom. The van der Waals surface area contributed by atoms with E-state index in [9.17, 15) is 25.2 Å². The summed E-state index contributed by atoms with van der Waals surface area (Å²) in [5.74, 6) is -0.670. The molecule has 5 N–H and O–H groups in total. The van der Waals surface area contributed by atoms with E-state index >= 15 is 0 Å². The zero-order valence-corrected chi connectivity index (χ0v) is 13.0. The molecule has 0 unspecified atom stereocenters. The highest BCUT2D eigenvalue weighted by Crippen LogP contribution is 2.10. The van der Waals surface area contributed by atoms with Crippen molar-refractivity contribution in [3.05, 3.63) is 35.4 Å². The van der Waals surface area contributed by atoms with Gasteiger partial charge in [0.05, 0.1) is 12.2 Å². The van der Waals surface area contributed by atoms with E-state index in [0.29, 0.717) is 5.56 Å². The predicted octanol–water partition coefficient (Wildman–Crippen LogP) is -0.768. The smallest absolute Gasteiger partial charge is 0.338 e. The SMILES string of the molecule is CCCc1ccc(C(=O)OC[C@@H](O)[C@@H](O)[C@H](O)[C@@H](O)CO)cc1. The number of hydrogen-bond donors (Lipinski definition) is 5. The third-order valence-corrected chi connectivity index (χ3v) is 3.44. The maximum Gasteiger partial charge on any atom is 0.338 e. The third-order valence-electron chi connectivity index (χ3n) is 3.44. The van der Waals surface area contributed by atoms with Crippen molar-refractivity contribution in [2.45, 2.75) is 44.2 Å². The molecule has 130 valence electrons. The van der Waals surface area contributed by atoms with Gasteiger partial charge in [0.1, 0.15) is 31.0 Å². The fourth-order valence-corrected chi connectivity index (χ4v) is 2.00. The van der Waals surface area contributed by atoms with Gasteiger partial charge in [-0.2, -0.15) is 0 Å². The Kier molecular flexibility index (Phi) is 8.15. The molecule has 7 heteroatoms. The topological polar surface area (TPSA) is 127 Å². The van der Waals surface area contributed by atoms with Gasteiger partial charge in [-0.1, -0.05) is 25.5 Å². The van der Waals surface area contributed by atoms with Crippen LogP contribution in [0.15, 0.2) is 24.3 Å². The second-order valence-corrected chi connectivity index (χ2v) is 5.34.